The Balaban J connectivity index is 1.79. The molecule has 0 saturated carbocycles. The minimum atomic E-state index is 0.750. The first kappa shape index (κ1) is 16.4. The van der Waals surface area contributed by atoms with Gasteiger partial charge in [-0.1, -0.05) is 30.3 Å². The van der Waals surface area contributed by atoms with Crippen molar-refractivity contribution in [1.29, 1.82) is 5.26 Å². The molecule has 4 rings (SSSR count). The zero-order valence-corrected chi connectivity index (χ0v) is 15.5. The fourth-order valence-corrected chi connectivity index (χ4v) is 4.99. The average molecular weight is 363 g/mol. The summed E-state index contributed by atoms with van der Waals surface area (Å²) in [5.41, 5.74) is 6.80. The fraction of sp³-hybridized carbons (Fsp3) is 0.238. The Morgan fingerprint density at radius 3 is 2.72 bits per heavy atom. The van der Waals surface area contributed by atoms with Gasteiger partial charge in [0.1, 0.15) is 11.1 Å². The first-order chi connectivity index (χ1) is 12.4. The molecule has 25 heavy (non-hydrogen) atoms. The number of thioether (sulfide) groups is 1. The van der Waals surface area contributed by atoms with Gasteiger partial charge in [0.2, 0.25) is 0 Å². The molecule has 0 radical (unpaired) electrons. The Morgan fingerprint density at radius 1 is 1.12 bits per heavy atom. The van der Waals surface area contributed by atoms with Crippen molar-refractivity contribution in [2.24, 2.45) is 0 Å². The molecule has 0 saturated heterocycles. The van der Waals surface area contributed by atoms with E-state index in [4.69, 9.17) is 4.98 Å². The minimum Gasteiger partial charge on any atom is -0.245 e. The van der Waals surface area contributed by atoms with E-state index in [0.29, 0.717) is 0 Å². The Morgan fingerprint density at radius 2 is 1.96 bits per heavy atom. The third-order valence-electron chi connectivity index (χ3n) is 4.58. The smallest absolute Gasteiger partial charge is 0.115 e. The lowest BCUT2D eigenvalue weighted by atomic mass is 9.88. The predicted octanol–water partition coefficient (Wildman–Crippen LogP) is 5.85. The largest absolute Gasteiger partial charge is 0.245 e. The number of thiophene rings is 1. The van der Waals surface area contributed by atoms with Gasteiger partial charge in [0.15, 0.2) is 0 Å². The molecule has 3 aromatic rings. The van der Waals surface area contributed by atoms with E-state index in [1.165, 1.54) is 35.2 Å². The Labute approximate surface area is 156 Å². The van der Waals surface area contributed by atoms with Gasteiger partial charge >= 0.3 is 0 Å². The van der Waals surface area contributed by atoms with Gasteiger partial charge in [0.25, 0.3) is 0 Å². The van der Waals surface area contributed by atoms with Crippen LogP contribution in [-0.2, 0) is 18.6 Å². The van der Waals surface area contributed by atoms with E-state index >= 15 is 0 Å². The van der Waals surface area contributed by atoms with Crippen LogP contribution in [-0.4, -0.2) is 4.98 Å². The molecule has 2 nitrogen and oxygen atoms in total. The van der Waals surface area contributed by atoms with Gasteiger partial charge in [-0.3, -0.25) is 0 Å². The van der Waals surface area contributed by atoms with Crippen molar-refractivity contribution in [3.05, 3.63) is 69.5 Å². The highest BCUT2D eigenvalue weighted by molar-refractivity contribution is 7.98. The molecule has 1 aliphatic carbocycles. The number of benzene rings is 1. The zero-order valence-electron chi connectivity index (χ0n) is 13.9. The highest BCUT2D eigenvalue weighted by atomic mass is 32.2. The topological polar surface area (TPSA) is 36.7 Å². The van der Waals surface area contributed by atoms with Gasteiger partial charge in [-0.05, 0) is 59.2 Å². The van der Waals surface area contributed by atoms with E-state index < -0.39 is 0 Å². The number of aryl methyl sites for hydroxylation is 1. The quantitative estimate of drug-likeness (QED) is 0.546. The number of hydrogen-bond acceptors (Lipinski definition) is 4. The lowest BCUT2D eigenvalue weighted by molar-refractivity contribution is 0.661. The summed E-state index contributed by atoms with van der Waals surface area (Å²) < 4.78 is 0. The van der Waals surface area contributed by atoms with Gasteiger partial charge < -0.3 is 0 Å². The van der Waals surface area contributed by atoms with E-state index in [-0.39, 0.29) is 0 Å². The van der Waals surface area contributed by atoms with Crippen LogP contribution in [0.5, 0.6) is 0 Å². The molecule has 4 heteroatoms. The summed E-state index contributed by atoms with van der Waals surface area (Å²) in [5.74, 6) is 0.838. The van der Waals surface area contributed by atoms with Crippen LogP contribution in [0.3, 0.4) is 0 Å². The van der Waals surface area contributed by atoms with Gasteiger partial charge in [0.05, 0.1) is 5.56 Å². The molecule has 1 aliphatic rings. The third kappa shape index (κ3) is 3.35. The number of fused-ring (bicyclic) bond motifs is 1. The first-order valence-corrected chi connectivity index (χ1v) is 10.4. The number of rotatable bonds is 4. The van der Waals surface area contributed by atoms with Gasteiger partial charge in [0, 0.05) is 17.0 Å². The fourth-order valence-electron chi connectivity index (χ4n) is 3.38. The maximum absolute atomic E-state index is 9.90. The lowest BCUT2D eigenvalue weighted by Gasteiger charge is -2.21. The Kier molecular flexibility index (Phi) is 4.87. The van der Waals surface area contributed by atoms with E-state index in [1.54, 1.807) is 23.1 Å². The Hall–Kier alpha value is -2.09. The van der Waals surface area contributed by atoms with Crippen LogP contribution in [0.15, 0.2) is 52.2 Å². The van der Waals surface area contributed by atoms with Crippen LogP contribution in [0.4, 0.5) is 0 Å². The monoisotopic (exact) mass is 362 g/mol. The third-order valence-corrected chi connectivity index (χ3v) is 6.31. The Bertz CT molecular complexity index is 909. The molecule has 1 aromatic carbocycles. The van der Waals surface area contributed by atoms with Gasteiger partial charge in [-0.25, -0.2) is 4.98 Å². The highest BCUT2D eigenvalue weighted by Gasteiger charge is 2.23. The normalized spacial score (nSPS) is 13.2. The second-order valence-electron chi connectivity index (χ2n) is 6.20. The molecule has 0 atom stereocenters. The maximum Gasteiger partial charge on any atom is 0.115 e. The molecule has 2 aromatic heterocycles. The zero-order chi connectivity index (χ0) is 17.1. The molecule has 0 unspecified atom stereocenters. The SMILES string of the molecule is N#Cc1c(SCc2ccccc2)nc2c(c1-c1ccsc1)CCCC2. The maximum atomic E-state index is 9.90. The molecule has 0 N–H and O–H groups in total. The summed E-state index contributed by atoms with van der Waals surface area (Å²) in [5, 5.41) is 15.0. The van der Waals surface area contributed by atoms with Crippen LogP contribution in [0, 0.1) is 11.3 Å². The molecule has 0 spiro atoms. The van der Waals surface area contributed by atoms with Crippen molar-refractivity contribution in [1.82, 2.24) is 4.98 Å². The summed E-state index contributed by atoms with van der Waals surface area (Å²) >= 11 is 3.36. The molecular weight excluding hydrogens is 344 g/mol. The number of aromatic nitrogens is 1. The molecule has 2 heterocycles. The minimum absolute atomic E-state index is 0.750. The number of hydrogen-bond donors (Lipinski definition) is 0. The van der Waals surface area contributed by atoms with Crippen LogP contribution in [0.1, 0.15) is 35.2 Å². The number of pyridine rings is 1. The molecule has 0 bridgehead atoms. The summed E-state index contributed by atoms with van der Waals surface area (Å²) in [6.45, 7) is 0. The van der Waals surface area contributed by atoms with Crippen molar-refractivity contribution >= 4 is 23.1 Å². The van der Waals surface area contributed by atoms with Crippen molar-refractivity contribution in [2.75, 3.05) is 0 Å². The van der Waals surface area contributed by atoms with Crippen molar-refractivity contribution in [2.45, 2.75) is 36.5 Å². The summed E-state index contributed by atoms with van der Waals surface area (Å²) in [7, 11) is 0. The van der Waals surface area contributed by atoms with E-state index in [2.05, 4.69) is 47.2 Å². The standard InChI is InChI=1S/C21H18N2S2/c22-12-18-20(16-10-11-24-14-16)17-8-4-5-9-19(17)23-21(18)25-13-15-6-2-1-3-7-15/h1-3,6-7,10-11,14H,4-5,8-9,13H2. The first-order valence-electron chi connectivity index (χ1n) is 8.52. The van der Waals surface area contributed by atoms with E-state index in [1.807, 2.05) is 6.07 Å². The van der Waals surface area contributed by atoms with Gasteiger partial charge in [-0.2, -0.15) is 16.6 Å². The predicted molar refractivity (Wildman–Crippen MR) is 105 cm³/mol. The second-order valence-corrected chi connectivity index (χ2v) is 7.94. The van der Waals surface area contributed by atoms with Crippen LogP contribution >= 0.6 is 23.1 Å². The molecule has 0 aliphatic heterocycles. The van der Waals surface area contributed by atoms with E-state index in [9.17, 15) is 5.26 Å². The molecule has 0 fully saturated rings. The lowest BCUT2D eigenvalue weighted by Crippen LogP contribution is -2.10. The summed E-state index contributed by atoms with van der Waals surface area (Å²) in [6.07, 6.45) is 4.44. The molecule has 124 valence electrons. The number of nitrogens with zero attached hydrogens (tertiary/aromatic N) is 2. The summed E-state index contributed by atoms with van der Waals surface area (Å²) in [6, 6.07) is 15.0. The highest BCUT2D eigenvalue weighted by Crippen LogP contribution is 2.39. The van der Waals surface area contributed by atoms with Crippen LogP contribution in [0.2, 0.25) is 0 Å². The van der Waals surface area contributed by atoms with E-state index in [0.717, 1.165) is 34.7 Å². The molecular formula is C21H18N2S2. The molecule has 0 amide bonds. The average Bonchev–Trinajstić information content (AvgIpc) is 3.20. The van der Waals surface area contributed by atoms with Gasteiger partial charge in [-0.15, -0.1) is 11.8 Å². The van der Waals surface area contributed by atoms with Crippen molar-refractivity contribution in [3.63, 3.8) is 0 Å². The second kappa shape index (κ2) is 7.43. The number of nitriles is 1. The van der Waals surface area contributed by atoms with Crippen LogP contribution < -0.4 is 0 Å². The summed E-state index contributed by atoms with van der Waals surface area (Å²) in [4.78, 5) is 4.91. The van der Waals surface area contributed by atoms with Crippen molar-refractivity contribution in [3.8, 4) is 17.2 Å². The van der Waals surface area contributed by atoms with Crippen LogP contribution in [0.25, 0.3) is 11.1 Å². The van der Waals surface area contributed by atoms with Crippen molar-refractivity contribution < 1.29 is 0 Å².